The summed E-state index contributed by atoms with van der Waals surface area (Å²) in [5, 5.41) is 5.83. The summed E-state index contributed by atoms with van der Waals surface area (Å²) in [5.41, 5.74) is 4.43. The van der Waals surface area contributed by atoms with E-state index in [0.29, 0.717) is 34.7 Å². The highest BCUT2D eigenvalue weighted by atomic mass is 35.5. The van der Waals surface area contributed by atoms with Gasteiger partial charge in [0.1, 0.15) is 0 Å². The summed E-state index contributed by atoms with van der Waals surface area (Å²) in [4.78, 5) is 9.49. The molecule has 0 bridgehead atoms. The Morgan fingerprint density at radius 3 is 2.42 bits per heavy atom. The third-order valence-corrected chi connectivity index (χ3v) is 5.62. The number of halogens is 1. The van der Waals surface area contributed by atoms with Crippen molar-refractivity contribution >= 4 is 22.5 Å². The SMILES string of the molecule is COc1ccc(Cc2noc(-c3cc(-c4ccc(Cl)cc4)nc4ccccc34)n2)cc1OC. The van der Waals surface area contributed by atoms with Crippen LogP contribution in [0.25, 0.3) is 33.6 Å². The molecule has 0 aliphatic carbocycles. The topological polar surface area (TPSA) is 70.3 Å². The van der Waals surface area contributed by atoms with E-state index < -0.39 is 0 Å². The molecule has 0 fully saturated rings. The number of aromatic nitrogens is 3. The highest BCUT2D eigenvalue weighted by Crippen LogP contribution is 2.32. The number of ether oxygens (including phenoxy) is 2. The fourth-order valence-electron chi connectivity index (χ4n) is 3.73. The lowest BCUT2D eigenvalue weighted by molar-refractivity contribution is 0.354. The summed E-state index contributed by atoms with van der Waals surface area (Å²) >= 11 is 6.06. The number of nitrogens with zero attached hydrogens (tertiary/aromatic N) is 3. The van der Waals surface area contributed by atoms with Crippen LogP contribution in [0.1, 0.15) is 11.4 Å². The summed E-state index contributed by atoms with van der Waals surface area (Å²) in [5.74, 6) is 2.35. The maximum Gasteiger partial charge on any atom is 0.258 e. The van der Waals surface area contributed by atoms with Gasteiger partial charge in [-0.05, 0) is 42.0 Å². The Hall–Kier alpha value is -3.90. The molecule has 3 aromatic carbocycles. The molecule has 0 aliphatic heterocycles. The molecule has 164 valence electrons. The molecule has 0 amide bonds. The van der Waals surface area contributed by atoms with Crippen LogP contribution in [0.5, 0.6) is 11.5 Å². The Balaban J connectivity index is 1.53. The molecule has 0 aliphatic rings. The number of rotatable bonds is 6. The van der Waals surface area contributed by atoms with Gasteiger partial charge in [0.2, 0.25) is 0 Å². The monoisotopic (exact) mass is 457 g/mol. The first-order valence-electron chi connectivity index (χ1n) is 10.3. The Labute approximate surface area is 195 Å². The maximum atomic E-state index is 6.06. The van der Waals surface area contributed by atoms with E-state index in [1.54, 1.807) is 14.2 Å². The predicted octanol–water partition coefficient (Wildman–Crippen LogP) is 6.21. The first-order valence-corrected chi connectivity index (χ1v) is 10.7. The fraction of sp³-hybridized carbons (Fsp3) is 0.115. The van der Waals surface area contributed by atoms with Crippen LogP contribution in [0, 0.1) is 0 Å². The van der Waals surface area contributed by atoms with Crippen LogP contribution in [-0.4, -0.2) is 29.3 Å². The third kappa shape index (κ3) is 4.25. The Morgan fingerprint density at radius 1 is 0.848 bits per heavy atom. The maximum absolute atomic E-state index is 6.06. The zero-order valence-electron chi connectivity index (χ0n) is 18.1. The molecular weight excluding hydrogens is 438 g/mol. The predicted molar refractivity (Wildman–Crippen MR) is 128 cm³/mol. The highest BCUT2D eigenvalue weighted by molar-refractivity contribution is 6.30. The zero-order valence-corrected chi connectivity index (χ0v) is 18.8. The van der Waals surface area contributed by atoms with Crippen molar-refractivity contribution < 1.29 is 14.0 Å². The number of para-hydroxylation sites is 1. The fourth-order valence-corrected chi connectivity index (χ4v) is 3.86. The lowest BCUT2D eigenvalue weighted by Gasteiger charge is -2.08. The van der Waals surface area contributed by atoms with E-state index in [-0.39, 0.29) is 0 Å². The van der Waals surface area contributed by atoms with Gasteiger partial charge >= 0.3 is 0 Å². The second kappa shape index (κ2) is 8.92. The number of methoxy groups -OCH3 is 2. The number of fused-ring (bicyclic) bond motifs is 1. The molecule has 5 aromatic rings. The molecule has 0 saturated heterocycles. The first kappa shape index (κ1) is 21.0. The van der Waals surface area contributed by atoms with Gasteiger partial charge in [-0.25, -0.2) is 4.98 Å². The van der Waals surface area contributed by atoms with Crippen molar-refractivity contribution in [1.82, 2.24) is 15.1 Å². The van der Waals surface area contributed by atoms with Gasteiger partial charge in [-0.15, -0.1) is 0 Å². The largest absolute Gasteiger partial charge is 0.493 e. The molecular formula is C26H20ClN3O3. The first-order chi connectivity index (χ1) is 16.1. The molecule has 5 rings (SSSR count). The second-order valence-corrected chi connectivity index (χ2v) is 7.90. The van der Waals surface area contributed by atoms with Crippen molar-refractivity contribution in [3.8, 4) is 34.2 Å². The zero-order chi connectivity index (χ0) is 22.8. The summed E-state index contributed by atoms with van der Waals surface area (Å²) in [7, 11) is 3.22. The molecule has 0 atom stereocenters. The molecule has 2 heterocycles. The summed E-state index contributed by atoms with van der Waals surface area (Å²) in [6.07, 6.45) is 0.497. The average molecular weight is 458 g/mol. The molecule has 33 heavy (non-hydrogen) atoms. The molecule has 7 heteroatoms. The van der Waals surface area contributed by atoms with Crippen LogP contribution in [0.4, 0.5) is 0 Å². The molecule has 0 N–H and O–H groups in total. The lowest BCUT2D eigenvalue weighted by Crippen LogP contribution is -1.95. The second-order valence-electron chi connectivity index (χ2n) is 7.46. The summed E-state index contributed by atoms with van der Waals surface area (Å²) in [6, 6.07) is 23.2. The Morgan fingerprint density at radius 2 is 1.64 bits per heavy atom. The van der Waals surface area contributed by atoms with Crippen LogP contribution in [0.2, 0.25) is 5.02 Å². The lowest BCUT2D eigenvalue weighted by atomic mass is 10.0. The molecule has 0 unspecified atom stereocenters. The molecule has 0 radical (unpaired) electrons. The minimum Gasteiger partial charge on any atom is -0.493 e. The van der Waals surface area contributed by atoms with E-state index in [2.05, 4.69) is 10.1 Å². The van der Waals surface area contributed by atoms with Gasteiger partial charge in [0.15, 0.2) is 17.3 Å². The van der Waals surface area contributed by atoms with Crippen molar-refractivity contribution in [3.05, 3.63) is 89.2 Å². The van der Waals surface area contributed by atoms with Crippen LogP contribution in [-0.2, 0) is 6.42 Å². The molecule has 2 aromatic heterocycles. The van der Waals surface area contributed by atoms with Crippen molar-refractivity contribution in [2.24, 2.45) is 0 Å². The van der Waals surface area contributed by atoms with E-state index >= 15 is 0 Å². The van der Waals surface area contributed by atoms with Crippen LogP contribution in [0.3, 0.4) is 0 Å². The van der Waals surface area contributed by atoms with Gasteiger partial charge in [-0.3, -0.25) is 0 Å². The normalized spacial score (nSPS) is 11.0. The van der Waals surface area contributed by atoms with Gasteiger partial charge in [0.05, 0.1) is 31.0 Å². The Kier molecular flexibility index (Phi) is 5.67. The van der Waals surface area contributed by atoms with Gasteiger partial charge in [0, 0.05) is 22.4 Å². The molecule has 0 spiro atoms. The van der Waals surface area contributed by atoms with E-state index in [1.165, 1.54) is 0 Å². The van der Waals surface area contributed by atoms with Gasteiger partial charge in [0.25, 0.3) is 5.89 Å². The van der Waals surface area contributed by atoms with Crippen LogP contribution < -0.4 is 9.47 Å². The van der Waals surface area contributed by atoms with Gasteiger partial charge in [-0.2, -0.15) is 4.98 Å². The highest BCUT2D eigenvalue weighted by Gasteiger charge is 2.16. The smallest absolute Gasteiger partial charge is 0.258 e. The van der Waals surface area contributed by atoms with E-state index in [4.69, 9.17) is 30.6 Å². The number of benzene rings is 3. The van der Waals surface area contributed by atoms with E-state index in [9.17, 15) is 0 Å². The van der Waals surface area contributed by atoms with Crippen molar-refractivity contribution in [3.63, 3.8) is 0 Å². The van der Waals surface area contributed by atoms with Crippen LogP contribution >= 0.6 is 11.6 Å². The quantitative estimate of drug-likeness (QED) is 0.302. The van der Waals surface area contributed by atoms with Gasteiger partial charge in [-0.1, -0.05) is 53.2 Å². The van der Waals surface area contributed by atoms with Crippen molar-refractivity contribution in [1.29, 1.82) is 0 Å². The van der Waals surface area contributed by atoms with E-state index in [1.807, 2.05) is 72.8 Å². The van der Waals surface area contributed by atoms with E-state index in [0.717, 1.165) is 33.3 Å². The van der Waals surface area contributed by atoms with Crippen molar-refractivity contribution in [2.45, 2.75) is 6.42 Å². The third-order valence-electron chi connectivity index (χ3n) is 5.36. The average Bonchev–Trinajstić information content (AvgIpc) is 3.32. The van der Waals surface area contributed by atoms with Gasteiger partial charge < -0.3 is 14.0 Å². The van der Waals surface area contributed by atoms with Crippen molar-refractivity contribution in [2.75, 3.05) is 14.2 Å². The Bertz CT molecular complexity index is 1430. The number of pyridine rings is 1. The standard InChI is InChI=1S/C26H20ClN3O3/c1-31-23-12-7-16(13-24(23)32-2)14-25-29-26(33-30-25)20-15-22(17-8-10-18(27)11-9-17)28-21-6-4-3-5-19(20)21/h3-13,15H,14H2,1-2H3. The minimum atomic E-state index is 0.444. The summed E-state index contributed by atoms with van der Waals surface area (Å²) in [6.45, 7) is 0. The summed E-state index contributed by atoms with van der Waals surface area (Å²) < 4.78 is 16.4. The number of hydrogen-bond acceptors (Lipinski definition) is 6. The van der Waals surface area contributed by atoms with Crippen LogP contribution in [0.15, 0.2) is 77.3 Å². The molecule has 0 saturated carbocycles. The minimum absolute atomic E-state index is 0.444. The number of hydrogen-bond donors (Lipinski definition) is 0. The molecule has 6 nitrogen and oxygen atoms in total.